The molecule has 0 bridgehead atoms. The Morgan fingerprint density at radius 3 is 3.18 bits per heavy atom. The Kier molecular flexibility index (Phi) is 2.58. The molecule has 5 nitrogen and oxygen atoms in total. The summed E-state index contributed by atoms with van der Waals surface area (Å²) in [5, 5.41) is 12.2. The molecule has 1 aromatic heterocycles. The second-order valence-corrected chi connectivity index (χ2v) is 1.94. The maximum Gasteiger partial charge on any atom is 0.252 e. The SMILES string of the molecule is COCCn1cnc(C#N)n1. The lowest BCUT2D eigenvalue weighted by molar-refractivity contribution is 0.183. The van der Waals surface area contributed by atoms with Crippen molar-refractivity contribution in [3.63, 3.8) is 0 Å². The van der Waals surface area contributed by atoms with Gasteiger partial charge in [-0.25, -0.2) is 9.67 Å². The lowest BCUT2D eigenvalue weighted by Crippen LogP contribution is -2.04. The van der Waals surface area contributed by atoms with E-state index in [0.717, 1.165) is 0 Å². The molecule has 0 unspecified atom stereocenters. The van der Waals surface area contributed by atoms with Crippen LogP contribution in [0.15, 0.2) is 6.33 Å². The van der Waals surface area contributed by atoms with E-state index in [9.17, 15) is 0 Å². The standard InChI is InChI=1S/C6H8N4O/c1-11-3-2-10-5-8-6(4-7)9-10/h5H,2-3H2,1H3. The number of hydrogen-bond acceptors (Lipinski definition) is 4. The highest BCUT2D eigenvalue weighted by atomic mass is 16.5. The van der Waals surface area contributed by atoms with Crippen LogP contribution in [0.1, 0.15) is 5.82 Å². The van der Waals surface area contributed by atoms with Gasteiger partial charge in [0, 0.05) is 7.11 Å². The van der Waals surface area contributed by atoms with Gasteiger partial charge in [0.25, 0.3) is 5.82 Å². The van der Waals surface area contributed by atoms with E-state index >= 15 is 0 Å². The zero-order valence-corrected chi connectivity index (χ0v) is 6.19. The first-order valence-corrected chi connectivity index (χ1v) is 3.15. The summed E-state index contributed by atoms with van der Waals surface area (Å²) in [7, 11) is 1.61. The average Bonchev–Trinajstić information content (AvgIpc) is 2.48. The van der Waals surface area contributed by atoms with Crippen LogP contribution in [0.5, 0.6) is 0 Å². The lowest BCUT2D eigenvalue weighted by atomic mass is 10.7. The number of nitrogens with zero attached hydrogens (tertiary/aromatic N) is 4. The maximum atomic E-state index is 8.36. The number of ether oxygens (including phenoxy) is 1. The fraction of sp³-hybridized carbons (Fsp3) is 0.500. The Balaban J connectivity index is 2.53. The van der Waals surface area contributed by atoms with Crippen molar-refractivity contribution >= 4 is 0 Å². The largest absolute Gasteiger partial charge is 0.383 e. The highest BCUT2D eigenvalue weighted by molar-refractivity contribution is 5.05. The molecular formula is C6H8N4O. The zero-order valence-electron chi connectivity index (χ0n) is 6.19. The highest BCUT2D eigenvalue weighted by Crippen LogP contribution is 1.86. The van der Waals surface area contributed by atoms with E-state index in [1.807, 2.05) is 6.07 Å². The van der Waals surface area contributed by atoms with Crippen molar-refractivity contribution in [2.75, 3.05) is 13.7 Å². The van der Waals surface area contributed by atoms with Gasteiger partial charge < -0.3 is 4.74 Å². The summed E-state index contributed by atoms with van der Waals surface area (Å²) in [4.78, 5) is 3.72. The summed E-state index contributed by atoms with van der Waals surface area (Å²) in [5.74, 6) is 0.195. The number of aromatic nitrogens is 3. The Morgan fingerprint density at radius 1 is 1.82 bits per heavy atom. The lowest BCUT2D eigenvalue weighted by Gasteiger charge is -1.96. The maximum absolute atomic E-state index is 8.36. The van der Waals surface area contributed by atoms with Crippen LogP contribution in [0.4, 0.5) is 0 Å². The van der Waals surface area contributed by atoms with E-state index in [2.05, 4.69) is 10.1 Å². The summed E-state index contributed by atoms with van der Waals surface area (Å²) in [6, 6.07) is 1.84. The van der Waals surface area contributed by atoms with Gasteiger partial charge in [-0.15, -0.1) is 5.10 Å². The average molecular weight is 152 g/mol. The van der Waals surface area contributed by atoms with Gasteiger partial charge in [-0.3, -0.25) is 0 Å². The van der Waals surface area contributed by atoms with E-state index < -0.39 is 0 Å². The van der Waals surface area contributed by atoms with E-state index in [4.69, 9.17) is 10.00 Å². The second kappa shape index (κ2) is 3.68. The van der Waals surface area contributed by atoms with Crippen LogP contribution in [0.25, 0.3) is 0 Å². The molecule has 0 N–H and O–H groups in total. The van der Waals surface area contributed by atoms with Gasteiger partial charge in [-0.2, -0.15) is 5.26 Å². The molecule has 0 saturated heterocycles. The molecule has 0 amide bonds. The molecule has 0 atom stereocenters. The fourth-order valence-electron chi connectivity index (χ4n) is 0.638. The van der Waals surface area contributed by atoms with E-state index in [0.29, 0.717) is 13.2 Å². The van der Waals surface area contributed by atoms with Crippen molar-refractivity contribution in [2.45, 2.75) is 6.54 Å². The normalized spacial score (nSPS) is 9.45. The Hall–Kier alpha value is -1.41. The Morgan fingerprint density at radius 2 is 2.64 bits per heavy atom. The molecule has 0 saturated carbocycles. The van der Waals surface area contributed by atoms with Crippen molar-refractivity contribution < 1.29 is 4.74 Å². The monoisotopic (exact) mass is 152 g/mol. The minimum absolute atomic E-state index is 0.195. The molecule has 1 aromatic rings. The van der Waals surface area contributed by atoms with Crippen LogP contribution in [-0.4, -0.2) is 28.5 Å². The Bertz CT molecular complexity index is 262. The molecule has 5 heteroatoms. The van der Waals surface area contributed by atoms with Crippen molar-refractivity contribution in [3.05, 3.63) is 12.2 Å². The Labute approximate surface area is 64.2 Å². The van der Waals surface area contributed by atoms with Gasteiger partial charge in [0.1, 0.15) is 12.4 Å². The van der Waals surface area contributed by atoms with Gasteiger partial charge >= 0.3 is 0 Å². The fourth-order valence-corrected chi connectivity index (χ4v) is 0.638. The topological polar surface area (TPSA) is 63.7 Å². The molecule has 1 rings (SSSR count). The smallest absolute Gasteiger partial charge is 0.252 e. The van der Waals surface area contributed by atoms with Gasteiger partial charge in [0.2, 0.25) is 0 Å². The minimum atomic E-state index is 0.195. The van der Waals surface area contributed by atoms with Crippen LogP contribution in [-0.2, 0) is 11.3 Å². The highest BCUT2D eigenvalue weighted by Gasteiger charge is 1.96. The summed E-state index contributed by atoms with van der Waals surface area (Å²) < 4.78 is 6.39. The minimum Gasteiger partial charge on any atom is -0.383 e. The quantitative estimate of drug-likeness (QED) is 0.601. The number of nitriles is 1. The third-order valence-corrected chi connectivity index (χ3v) is 1.16. The third-order valence-electron chi connectivity index (χ3n) is 1.16. The summed E-state index contributed by atoms with van der Waals surface area (Å²) in [5.41, 5.74) is 0. The molecule has 0 aliphatic carbocycles. The summed E-state index contributed by atoms with van der Waals surface area (Å²) in [6.07, 6.45) is 1.51. The molecule has 11 heavy (non-hydrogen) atoms. The second-order valence-electron chi connectivity index (χ2n) is 1.94. The number of rotatable bonds is 3. The van der Waals surface area contributed by atoms with E-state index in [1.54, 1.807) is 11.8 Å². The van der Waals surface area contributed by atoms with Crippen LogP contribution in [0, 0.1) is 11.3 Å². The van der Waals surface area contributed by atoms with Gasteiger partial charge in [0.15, 0.2) is 0 Å². The molecule has 0 aromatic carbocycles. The van der Waals surface area contributed by atoms with Gasteiger partial charge in [0.05, 0.1) is 13.2 Å². The van der Waals surface area contributed by atoms with Crippen molar-refractivity contribution in [1.29, 1.82) is 5.26 Å². The van der Waals surface area contributed by atoms with Crippen LogP contribution < -0.4 is 0 Å². The summed E-state index contributed by atoms with van der Waals surface area (Å²) >= 11 is 0. The summed E-state index contributed by atoms with van der Waals surface area (Å²) in [6.45, 7) is 1.21. The number of hydrogen-bond donors (Lipinski definition) is 0. The van der Waals surface area contributed by atoms with Crippen molar-refractivity contribution in [1.82, 2.24) is 14.8 Å². The molecule has 0 fully saturated rings. The number of methoxy groups -OCH3 is 1. The first kappa shape index (κ1) is 7.69. The molecule has 0 spiro atoms. The van der Waals surface area contributed by atoms with E-state index in [-0.39, 0.29) is 5.82 Å². The predicted molar refractivity (Wildman–Crippen MR) is 36.6 cm³/mol. The molecular weight excluding hydrogens is 144 g/mol. The van der Waals surface area contributed by atoms with Gasteiger partial charge in [-0.1, -0.05) is 0 Å². The zero-order chi connectivity index (χ0) is 8.10. The predicted octanol–water partition coefficient (Wildman–Crippen LogP) is -0.204. The molecule has 58 valence electrons. The first-order valence-electron chi connectivity index (χ1n) is 3.15. The van der Waals surface area contributed by atoms with Crippen molar-refractivity contribution in [3.8, 4) is 6.07 Å². The first-order chi connectivity index (χ1) is 5.36. The molecule has 0 aliphatic heterocycles. The van der Waals surface area contributed by atoms with E-state index in [1.165, 1.54) is 6.33 Å². The molecule has 0 aliphatic rings. The third kappa shape index (κ3) is 2.02. The van der Waals surface area contributed by atoms with Gasteiger partial charge in [-0.05, 0) is 0 Å². The van der Waals surface area contributed by atoms with Crippen LogP contribution in [0.2, 0.25) is 0 Å². The van der Waals surface area contributed by atoms with Crippen LogP contribution in [0.3, 0.4) is 0 Å². The molecule has 1 heterocycles. The van der Waals surface area contributed by atoms with Crippen molar-refractivity contribution in [2.24, 2.45) is 0 Å². The van der Waals surface area contributed by atoms with Crippen LogP contribution >= 0.6 is 0 Å². The molecule has 0 radical (unpaired) electrons.